The molecule has 32 heavy (non-hydrogen) atoms. The number of alkyl halides is 3. The fourth-order valence-electron chi connectivity index (χ4n) is 3.70. The highest BCUT2D eigenvalue weighted by Crippen LogP contribution is 2.46. The molecule has 11 heteroatoms. The lowest BCUT2D eigenvalue weighted by molar-refractivity contribution is -0.137. The molecule has 0 unspecified atom stereocenters. The van der Waals surface area contributed by atoms with Crippen LogP contribution in [0.1, 0.15) is 5.56 Å². The van der Waals surface area contributed by atoms with E-state index in [0.29, 0.717) is 6.61 Å². The summed E-state index contributed by atoms with van der Waals surface area (Å²) >= 11 is 1.07. The van der Waals surface area contributed by atoms with Gasteiger partial charge in [-0.05, 0) is 23.8 Å². The van der Waals surface area contributed by atoms with Crippen LogP contribution in [0.2, 0.25) is 0 Å². The zero-order valence-electron chi connectivity index (χ0n) is 16.8. The topological polar surface area (TPSA) is 73.3 Å². The van der Waals surface area contributed by atoms with E-state index >= 15 is 0 Å². The summed E-state index contributed by atoms with van der Waals surface area (Å²) in [6.45, 7) is 0.588. The third kappa shape index (κ3) is 4.19. The first-order valence-corrected chi connectivity index (χ1v) is 10.6. The van der Waals surface area contributed by atoms with E-state index < -0.39 is 34.9 Å². The summed E-state index contributed by atoms with van der Waals surface area (Å²) in [5.41, 5.74) is -2.65. The van der Waals surface area contributed by atoms with Crippen LogP contribution in [0.5, 0.6) is 0 Å². The van der Waals surface area contributed by atoms with Gasteiger partial charge >= 0.3 is 11.9 Å². The van der Waals surface area contributed by atoms with Gasteiger partial charge < -0.3 is 9.47 Å². The summed E-state index contributed by atoms with van der Waals surface area (Å²) in [7, 11) is 1.50. The number of benzene rings is 2. The minimum absolute atomic E-state index is 0.0457. The first-order chi connectivity index (χ1) is 15.2. The molecular formula is C21H18F4N2O4S. The standard InChI is InChI=1S/C21H18F4N2O4S/c1-30-6-7-31-13-9-27-17-14(19(28)26-20(27)29)8-15(21(23,24)25)16(18(17)32-10-13)11-2-4-12(22)5-3-11/h2-5,8,13H,6-7,9-10H2,1H3,(H,26,28,29)/t13-/m0/s1. The normalized spacial score (nSPS) is 16.3. The number of aromatic nitrogens is 2. The molecular weight excluding hydrogens is 452 g/mol. The Morgan fingerprint density at radius 3 is 2.56 bits per heavy atom. The second kappa shape index (κ2) is 8.72. The Morgan fingerprint density at radius 1 is 1.19 bits per heavy atom. The molecule has 0 amide bonds. The van der Waals surface area contributed by atoms with E-state index in [2.05, 4.69) is 4.98 Å². The van der Waals surface area contributed by atoms with E-state index in [4.69, 9.17) is 9.47 Å². The van der Waals surface area contributed by atoms with Crippen LogP contribution < -0.4 is 11.2 Å². The van der Waals surface area contributed by atoms with E-state index in [-0.39, 0.29) is 45.8 Å². The average Bonchev–Trinajstić information content (AvgIpc) is 2.92. The fraction of sp³-hybridized carbons (Fsp3) is 0.333. The van der Waals surface area contributed by atoms with Crippen molar-refractivity contribution in [2.24, 2.45) is 0 Å². The van der Waals surface area contributed by atoms with Crippen LogP contribution in [0.4, 0.5) is 17.6 Å². The van der Waals surface area contributed by atoms with Crippen molar-refractivity contribution in [3.05, 3.63) is 62.6 Å². The summed E-state index contributed by atoms with van der Waals surface area (Å²) in [4.78, 5) is 27.3. The van der Waals surface area contributed by atoms with Gasteiger partial charge in [-0.2, -0.15) is 13.2 Å². The van der Waals surface area contributed by atoms with Gasteiger partial charge in [0.15, 0.2) is 0 Å². The van der Waals surface area contributed by atoms with Crippen molar-refractivity contribution in [1.82, 2.24) is 9.55 Å². The van der Waals surface area contributed by atoms with Gasteiger partial charge in [-0.1, -0.05) is 12.1 Å². The van der Waals surface area contributed by atoms with Gasteiger partial charge in [-0.15, -0.1) is 11.8 Å². The van der Waals surface area contributed by atoms with Gasteiger partial charge in [0.05, 0.1) is 42.3 Å². The molecule has 0 radical (unpaired) electrons. The summed E-state index contributed by atoms with van der Waals surface area (Å²) in [6, 6.07) is 5.37. The lowest BCUT2D eigenvalue weighted by atomic mass is 9.96. The van der Waals surface area contributed by atoms with Crippen LogP contribution in [0.15, 0.2) is 44.8 Å². The molecule has 1 aliphatic heterocycles. The van der Waals surface area contributed by atoms with Gasteiger partial charge in [0.1, 0.15) is 5.82 Å². The quantitative estimate of drug-likeness (QED) is 0.455. The first kappa shape index (κ1) is 22.6. The third-order valence-corrected chi connectivity index (χ3v) is 6.34. The predicted molar refractivity (Wildman–Crippen MR) is 112 cm³/mol. The number of aromatic amines is 1. The van der Waals surface area contributed by atoms with Crippen LogP contribution in [0.25, 0.3) is 22.0 Å². The largest absolute Gasteiger partial charge is 0.417 e. The van der Waals surface area contributed by atoms with E-state index in [1.807, 2.05) is 0 Å². The highest BCUT2D eigenvalue weighted by atomic mass is 32.2. The first-order valence-electron chi connectivity index (χ1n) is 9.61. The molecule has 1 aliphatic rings. The number of halogens is 4. The Labute approximate surface area is 183 Å². The average molecular weight is 470 g/mol. The van der Waals surface area contributed by atoms with Crippen molar-refractivity contribution in [2.75, 3.05) is 26.1 Å². The molecule has 2 aromatic carbocycles. The number of nitrogens with zero attached hydrogens (tertiary/aromatic N) is 1. The van der Waals surface area contributed by atoms with Gasteiger partial charge in [0, 0.05) is 23.3 Å². The molecule has 3 aromatic rings. The SMILES string of the molecule is COCCO[C@@H]1CSc2c(-c3ccc(F)cc3)c(C(F)(F)F)cc3c(=O)[nH]c(=O)n(c23)C1. The van der Waals surface area contributed by atoms with E-state index in [9.17, 15) is 27.2 Å². The summed E-state index contributed by atoms with van der Waals surface area (Å²) in [6.07, 6.45) is -5.30. The number of hydrogen-bond donors (Lipinski definition) is 1. The highest BCUT2D eigenvalue weighted by molar-refractivity contribution is 7.99. The van der Waals surface area contributed by atoms with Crippen molar-refractivity contribution in [3.63, 3.8) is 0 Å². The molecule has 1 aromatic heterocycles. The number of thioether (sulfide) groups is 1. The smallest absolute Gasteiger partial charge is 0.382 e. The Balaban J connectivity index is 2.02. The monoisotopic (exact) mass is 470 g/mol. The molecule has 170 valence electrons. The molecule has 0 saturated heterocycles. The number of rotatable bonds is 5. The number of H-pyrrole nitrogens is 1. The minimum atomic E-state index is -4.79. The molecule has 2 heterocycles. The van der Waals surface area contributed by atoms with Crippen molar-refractivity contribution < 1.29 is 27.0 Å². The molecule has 0 fully saturated rings. The number of ether oxygens (including phenoxy) is 2. The molecule has 6 nitrogen and oxygen atoms in total. The maximum absolute atomic E-state index is 14.1. The van der Waals surface area contributed by atoms with Crippen LogP contribution in [0.3, 0.4) is 0 Å². The van der Waals surface area contributed by atoms with E-state index in [1.54, 1.807) is 0 Å². The Hall–Kier alpha value is -2.63. The van der Waals surface area contributed by atoms with Crippen molar-refractivity contribution in [3.8, 4) is 11.1 Å². The Kier molecular flexibility index (Phi) is 6.15. The number of hydrogen-bond acceptors (Lipinski definition) is 5. The van der Waals surface area contributed by atoms with E-state index in [0.717, 1.165) is 30.0 Å². The van der Waals surface area contributed by atoms with E-state index in [1.165, 1.54) is 23.8 Å². The zero-order valence-corrected chi connectivity index (χ0v) is 17.6. The second-order valence-electron chi connectivity index (χ2n) is 7.20. The summed E-state index contributed by atoms with van der Waals surface area (Å²) in [5, 5.41) is -0.247. The van der Waals surface area contributed by atoms with Gasteiger partial charge in [-0.25, -0.2) is 9.18 Å². The Morgan fingerprint density at radius 2 is 1.91 bits per heavy atom. The predicted octanol–water partition coefficient (Wildman–Crippen LogP) is 3.65. The molecule has 1 atom stereocenters. The highest BCUT2D eigenvalue weighted by Gasteiger charge is 2.38. The second-order valence-corrected chi connectivity index (χ2v) is 8.23. The maximum Gasteiger partial charge on any atom is 0.417 e. The molecule has 4 rings (SSSR count). The molecule has 0 spiro atoms. The molecule has 0 saturated carbocycles. The van der Waals surface area contributed by atoms with Gasteiger partial charge in [0.2, 0.25) is 0 Å². The number of methoxy groups -OCH3 is 1. The molecule has 1 N–H and O–H groups in total. The van der Waals surface area contributed by atoms with Gasteiger partial charge in [0.25, 0.3) is 5.56 Å². The third-order valence-electron chi connectivity index (χ3n) is 5.11. The van der Waals surface area contributed by atoms with Crippen LogP contribution >= 0.6 is 11.8 Å². The number of nitrogens with one attached hydrogen (secondary N) is 1. The fourth-order valence-corrected chi connectivity index (χ4v) is 4.98. The van der Waals surface area contributed by atoms with Crippen LogP contribution in [0, 0.1) is 5.82 Å². The van der Waals surface area contributed by atoms with Gasteiger partial charge in [-0.3, -0.25) is 14.3 Å². The summed E-state index contributed by atoms with van der Waals surface area (Å²) in [5.74, 6) is -0.356. The van der Waals surface area contributed by atoms with Crippen LogP contribution in [-0.2, 0) is 22.2 Å². The van der Waals surface area contributed by atoms with Crippen molar-refractivity contribution >= 4 is 22.7 Å². The molecule has 0 aliphatic carbocycles. The zero-order chi connectivity index (χ0) is 23.0. The lowest BCUT2D eigenvalue weighted by Gasteiger charge is -2.19. The van der Waals surface area contributed by atoms with Crippen LogP contribution in [-0.4, -0.2) is 41.7 Å². The summed E-state index contributed by atoms with van der Waals surface area (Å²) < 4.78 is 67.6. The van der Waals surface area contributed by atoms with Crippen molar-refractivity contribution in [1.29, 1.82) is 0 Å². The van der Waals surface area contributed by atoms with Crippen molar-refractivity contribution in [2.45, 2.75) is 23.7 Å². The maximum atomic E-state index is 14.1. The Bertz CT molecular complexity index is 1270. The molecule has 0 bridgehead atoms. The minimum Gasteiger partial charge on any atom is -0.382 e. The lowest BCUT2D eigenvalue weighted by Crippen LogP contribution is -2.34.